The highest BCUT2D eigenvalue weighted by Crippen LogP contribution is 2.14. The average molecular weight is 968 g/mol. The van der Waals surface area contributed by atoms with E-state index in [0.717, 1.165) is 109 Å². The maximum Gasteiger partial charge on any atom is 0.306 e. The molecule has 0 aliphatic carbocycles. The normalized spacial score (nSPS) is 13.1. The summed E-state index contributed by atoms with van der Waals surface area (Å²) in [5, 5.41) is 0. The molecular formula is C64H102O6. The molecule has 6 heteroatoms. The Hall–Kier alpha value is -4.45. The Kier molecular flexibility index (Phi) is 53.5. The SMILES string of the molecule is CC/C=C\C/C=C\C/C=C\C/C=C\C/C=C\C/C=C\CCC(=O)OC[C@@H](COC(=O)CCCCCCCCCCCCCCCC)OC(=O)CCCCC/C=C\C/C=C\C/C=C\C/C=C\C/C=C\CC. The lowest BCUT2D eigenvalue weighted by Gasteiger charge is -2.18. The number of esters is 3. The minimum Gasteiger partial charge on any atom is -0.462 e. The minimum absolute atomic E-state index is 0.117. The third-order valence-electron chi connectivity index (χ3n) is 11.4. The summed E-state index contributed by atoms with van der Waals surface area (Å²) in [7, 11) is 0. The van der Waals surface area contributed by atoms with Crippen molar-refractivity contribution in [3.05, 3.63) is 134 Å². The van der Waals surface area contributed by atoms with Gasteiger partial charge >= 0.3 is 17.9 Å². The molecule has 1 atom stereocenters. The van der Waals surface area contributed by atoms with Crippen LogP contribution in [0.5, 0.6) is 0 Å². The van der Waals surface area contributed by atoms with Crippen molar-refractivity contribution in [1.29, 1.82) is 0 Å². The molecule has 0 bridgehead atoms. The summed E-state index contributed by atoms with van der Waals surface area (Å²) < 4.78 is 16.8. The molecule has 0 aromatic carbocycles. The van der Waals surface area contributed by atoms with Crippen molar-refractivity contribution < 1.29 is 28.6 Å². The first-order valence-corrected chi connectivity index (χ1v) is 28.2. The van der Waals surface area contributed by atoms with Crippen molar-refractivity contribution >= 4 is 17.9 Å². The van der Waals surface area contributed by atoms with Crippen LogP contribution >= 0.6 is 0 Å². The average Bonchev–Trinajstić information content (AvgIpc) is 3.36. The standard InChI is InChI=1S/C64H102O6/c1-4-7-10-13-16-19-22-25-28-30-32-34-36-39-42-45-48-51-54-57-63(66)69-60-61(59-68-62(65)56-53-50-47-44-41-38-27-24-21-18-15-12-9-6-3)70-64(67)58-55-52-49-46-43-40-37-35-33-31-29-26-23-20-17-14-11-8-5-2/h7-8,10-11,16-17,19-20,25-26,28-29,32-35,39-40,42-43,48,51,61H,4-6,9,12-15,18,21-24,27,30-31,36-38,41,44-47,49-50,52-60H2,1-3H3/b10-7-,11-8-,19-16-,20-17-,28-25-,29-26-,34-32-,35-33-,42-39-,43-40-,51-48-/t61-/m1/s1. The number of hydrogen-bond donors (Lipinski definition) is 0. The molecular weight excluding hydrogens is 865 g/mol. The Morgan fingerprint density at radius 1 is 0.300 bits per heavy atom. The van der Waals surface area contributed by atoms with E-state index in [0.29, 0.717) is 19.3 Å². The zero-order valence-corrected chi connectivity index (χ0v) is 45.0. The summed E-state index contributed by atoms with van der Waals surface area (Å²) in [5.41, 5.74) is 0. The van der Waals surface area contributed by atoms with Gasteiger partial charge in [-0.05, 0) is 103 Å². The van der Waals surface area contributed by atoms with Gasteiger partial charge in [0.25, 0.3) is 0 Å². The Morgan fingerprint density at radius 2 is 0.586 bits per heavy atom. The number of hydrogen-bond acceptors (Lipinski definition) is 6. The van der Waals surface area contributed by atoms with Crippen molar-refractivity contribution in [3.63, 3.8) is 0 Å². The van der Waals surface area contributed by atoms with Gasteiger partial charge in [-0.3, -0.25) is 14.4 Å². The second-order valence-corrected chi connectivity index (χ2v) is 18.1. The summed E-state index contributed by atoms with van der Waals surface area (Å²) >= 11 is 0. The van der Waals surface area contributed by atoms with E-state index in [-0.39, 0.29) is 44.0 Å². The predicted molar refractivity (Wildman–Crippen MR) is 302 cm³/mol. The van der Waals surface area contributed by atoms with Crippen molar-refractivity contribution in [2.24, 2.45) is 0 Å². The molecule has 0 fully saturated rings. The predicted octanol–water partition coefficient (Wildman–Crippen LogP) is 19.0. The third kappa shape index (κ3) is 54.5. The maximum absolute atomic E-state index is 12.8. The van der Waals surface area contributed by atoms with E-state index in [9.17, 15) is 14.4 Å². The lowest BCUT2D eigenvalue weighted by molar-refractivity contribution is -0.166. The van der Waals surface area contributed by atoms with Gasteiger partial charge in [-0.1, -0.05) is 244 Å². The van der Waals surface area contributed by atoms with Gasteiger partial charge in [0, 0.05) is 19.3 Å². The topological polar surface area (TPSA) is 78.9 Å². The molecule has 0 spiro atoms. The molecule has 0 aromatic heterocycles. The van der Waals surface area contributed by atoms with Gasteiger partial charge in [0.15, 0.2) is 6.10 Å². The molecule has 6 nitrogen and oxygen atoms in total. The number of allylic oxidation sites excluding steroid dienone is 22. The van der Waals surface area contributed by atoms with Gasteiger partial charge in [-0.2, -0.15) is 0 Å². The zero-order valence-electron chi connectivity index (χ0n) is 45.0. The molecule has 0 saturated carbocycles. The number of rotatable bonds is 49. The maximum atomic E-state index is 12.8. The van der Waals surface area contributed by atoms with E-state index < -0.39 is 6.10 Å². The van der Waals surface area contributed by atoms with Crippen LogP contribution in [0.3, 0.4) is 0 Å². The Morgan fingerprint density at radius 3 is 0.957 bits per heavy atom. The highest BCUT2D eigenvalue weighted by molar-refractivity contribution is 5.71. The summed E-state index contributed by atoms with van der Waals surface area (Å²) in [6.45, 7) is 6.31. The Labute approximate surface area is 430 Å². The van der Waals surface area contributed by atoms with Crippen LogP contribution in [0.4, 0.5) is 0 Å². The fourth-order valence-electron chi connectivity index (χ4n) is 7.26. The van der Waals surface area contributed by atoms with Gasteiger partial charge < -0.3 is 14.2 Å². The quantitative estimate of drug-likeness (QED) is 0.0262. The van der Waals surface area contributed by atoms with Crippen LogP contribution in [0.2, 0.25) is 0 Å². The fourth-order valence-corrected chi connectivity index (χ4v) is 7.26. The van der Waals surface area contributed by atoms with Crippen LogP contribution in [0.15, 0.2) is 134 Å². The van der Waals surface area contributed by atoms with Crippen molar-refractivity contribution in [3.8, 4) is 0 Å². The van der Waals surface area contributed by atoms with Crippen molar-refractivity contribution in [2.75, 3.05) is 13.2 Å². The summed E-state index contributed by atoms with van der Waals surface area (Å²) in [4.78, 5) is 38.1. The molecule has 70 heavy (non-hydrogen) atoms. The van der Waals surface area contributed by atoms with Gasteiger partial charge in [0.1, 0.15) is 13.2 Å². The second kappa shape index (κ2) is 57.1. The summed E-state index contributed by atoms with van der Waals surface area (Å²) in [6.07, 6.45) is 80.2. The first-order valence-electron chi connectivity index (χ1n) is 28.2. The first-order chi connectivity index (χ1) is 34.5. The van der Waals surface area contributed by atoms with Crippen LogP contribution in [0, 0.1) is 0 Å². The van der Waals surface area contributed by atoms with Crippen molar-refractivity contribution in [1.82, 2.24) is 0 Å². The Balaban J connectivity index is 4.58. The molecule has 0 unspecified atom stereocenters. The largest absolute Gasteiger partial charge is 0.462 e. The lowest BCUT2D eigenvalue weighted by atomic mass is 10.0. The van der Waals surface area contributed by atoms with E-state index in [1.165, 1.54) is 70.6 Å². The smallest absolute Gasteiger partial charge is 0.306 e. The van der Waals surface area contributed by atoms with E-state index in [1.807, 2.05) is 12.2 Å². The van der Waals surface area contributed by atoms with Crippen LogP contribution < -0.4 is 0 Å². The van der Waals surface area contributed by atoms with Crippen LogP contribution in [-0.4, -0.2) is 37.2 Å². The molecule has 0 aliphatic rings. The molecule has 0 amide bonds. The molecule has 0 heterocycles. The first kappa shape index (κ1) is 65.5. The van der Waals surface area contributed by atoms with Crippen LogP contribution in [0.1, 0.15) is 233 Å². The number of ether oxygens (including phenoxy) is 3. The Bertz CT molecular complexity index is 1530. The molecule has 0 radical (unpaired) electrons. The second-order valence-electron chi connectivity index (χ2n) is 18.1. The van der Waals surface area contributed by atoms with Crippen LogP contribution in [-0.2, 0) is 28.6 Å². The summed E-state index contributed by atoms with van der Waals surface area (Å²) in [5.74, 6) is -1.04. The highest BCUT2D eigenvalue weighted by atomic mass is 16.6. The lowest BCUT2D eigenvalue weighted by Crippen LogP contribution is -2.30. The summed E-state index contributed by atoms with van der Waals surface area (Å²) in [6, 6.07) is 0. The van der Waals surface area contributed by atoms with E-state index in [1.54, 1.807) is 0 Å². The van der Waals surface area contributed by atoms with Gasteiger partial charge in [0.05, 0.1) is 0 Å². The van der Waals surface area contributed by atoms with E-state index >= 15 is 0 Å². The molecule has 0 rings (SSSR count). The number of unbranched alkanes of at least 4 members (excludes halogenated alkanes) is 16. The minimum atomic E-state index is -0.830. The van der Waals surface area contributed by atoms with E-state index in [4.69, 9.17) is 14.2 Å². The molecule has 0 aliphatic heterocycles. The molecule has 0 saturated heterocycles. The molecule has 0 N–H and O–H groups in total. The van der Waals surface area contributed by atoms with Crippen LogP contribution in [0.25, 0.3) is 0 Å². The van der Waals surface area contributed by atoms with Gasteiger partial charge in [0.2, 0.25) is 0 Å². The number of carbonyl (C=O) groups excluding carboxylic acids is 3. The van der Waals surface area contributed by atoms with Gasteiger partial charge in [-0.25, -0.2) is 0 Å². The van der Waals surface area contributed by atoms with Gasteiger partial charge in [-0.15, -0.1) is 0 Å². The van der Waals surface area contributed by atoms with Crippen molar-refractivity contribution in [2.45, 2.75) is 239 Å². The van der Waals surface area contributed by atoms with E-state index in [2.05, 4.69) is 142 Å². The highest BCUT2D eigenvalue weighted by Gasteiger charge is 2.19. The number of carbonyl (C=O) groups is 3. The molecule has 0 aromatic rings. The fraction of sp³-hybridized carbons (Fsp3) is 0.609. The monoisotopic (exact) mass is 967 g/mol. The zero-order chi connectivity index (χ0) is 50.7. The molecule has 394 valence electrons. The third-order valence-corrected chi connectivity index (χ3v) is 11.4.